The highest BCUT2D eigenvalue weighted by Gasteiger charge is 2.39. The van der Waals surface area contributed by atoms with E-state index in [4.69, 9.17) is 9.97 Å². The summed E-state index contributed by atoms with van der Waals surface area (Å²) in [4.78, 5) is 53.0. The normalized spacial score (nSPS) is 20.0. The Morgan fingerprint density at radius 1 is 1.05 bits per heavy atom. The predicted molar refractivity (Wildman–Crippen MR) is 140 cm³/mol. The molecule has 0 spiro atoms. The number of anilines is 1. The molecule has 0 saturated carbocycles. The number of aromatic nitrogens is 2. The Hall–Kier alpha value is -3.85. The molecular formula is C28H30N6O3. The second kappa shape index (κ2) is 9.23. The first-order valence-corrected chi connectivity index (χ1v) is 12.9. The molecule has 9 nitrogen and oxygen atoms in total. The zero-order chi connectivity index (χ0) is 25.7. The van der Waals surface area contributed by atoms with Gasteiger partial charge in [-0.1, -0.05) is 6.07 Å². The van der Waals surface area contributed by atoms with Crippen LogP contribution in [0.1, 0.15) is 47.2 Å². The Kier molecular flexibility index (Phi) is 5.87. The van der Waals surface area contributed by atoms with Crippen LogP contribution in [0, 0.1) is 0 Å². The van der Waals surface area contributed by atoms with E-state index in [2.05, 4.69) is 21.2 Å². The van der Waals surface area contributed by atoms with Crippen molar-refractivity contribution in [2.45, 2.75) is 44.8 Å². The van der Waals surface area contributed by atoms with Gasteiger partial charge in [0.15, 0.2) is 0 Å². The van der Waals surface area contributed by atoms with E-state index in [0.29, 0.717) is 18.5 Å². The molecule has 5 heterocycles. The molecule has 1 N–H and O–H groups in total. The minimum absolute atomic E-state index is 0.170. The van der Waals surface area contributed by atoms with Crippen LogP contribution in [0.3, 0.4) is 0 Å². The third-order valence-electron chi connectivity index (χ3n) is 7.64. The van der Waals surface area contributed by atoms with E-state index >= 15 is 0 Å². The molecule has 3 aliphatic rings. The number of benzene rings is 1. The van der Waals surface area contributed by atoms with Crippen molar-refractivity contribution in [2.75, 3.05) is 32.1 Å². The second-order valence-corrected chi connectivity index (χ2v) is 10.3. The molecule has 3 amide bonds. The van der Waals surface area contributed by atoms with E-state index in [1.807, 2.05) is 44.6 Å². The maximum absolute atomic E-state index is 13.1. The quantitative estimate of drug-likeness (QED) is 0.540. The summed E-state index contributed by atoms with van der Waals surface area (Å²) in [5.74, 6) is -0.855. The number of rotatable bonds is 5. The number of nitrogens with zero attached hydrogens (tertiary/aromatic N) is 5. The number of imide groups is 1. The Balaban J connectivity index is 1.38. The van der Waals surface area contributed by atoms with Gasteiger partial charge in [0.1, 0.15) is 11.6 Å². The molecule has 2 saturated heterocycles. The molecule has 37 heavy (non-hydrogen) atoms. The van der Waals surface area contributed by atoms with Crippen molar-refractivity contribution in [1.82, 2.24) is 25.1 Å². The Morgan fingerprint density at radius 2 is 1.86 bits per heavy atom. The van der Waals surface area contributed by atoms with Crippen LogP contribution in [0.15, 0.2) is 36.5 Å². The number of hydrogen-bond donors (Lipinski definition) is 1. The summed E-state index contributed by atoms with van der Waals surface area (Å²) in [7, 11) is 4.02. The molecule has 1 atom stereocenters. The lowest BCUT2D eigenvalue weighted by atomic mass is 10.0. The number of carbonyl (C=O) groups is 3. The monoisotopic (exact) mass is 498 g/mol. The van der Waals surface area contributed by atoms with Crippen molar-refractivity contribution in [3.8, 4) is 11.3 Å². The highest BCUT2D eigenvalue weighted by atomic mass is 16.2. The van der Waals surface area contributed by atoms with Crippen LogP contribution in [-0.2, 0) is 22.7 Å². The lowest BCUT2D eigenvalue weighted by Gasteiger charge is -2.29. The van der Waals surface area contributed by atoms with E-state index in [1.165, 1.54) is 12.8 Å². The summed E-state index contributed by atoms with van der Waals surface area (Å²) in [6.45, 7) is 3.34. The number of carbonyl (C=O) groups excluding carboxylic acids is 3. The lowest BCUT2D eigenvalue weighted by molar-refractivity contribution is -0.136. The molecule has 3 aliphatic heterocycles. The van der Waals surface area contributed by atoms with Gasteiger partial charge in [-0.05, 0) is 67.7 Å². The van der Waals surface area contributed by atoms with Gasteiger partial charge >= 0.3 is 0 Å². The minimum atomic E-state index is -0.624. The van der Waals surface area contributed by atoms with Crippen molar-refractivity contribution in [3.05, 3.63) is 53.2 Å². The molecule has 1 unspecified atom stereocenters. The Bertz CT molecular complexity index is 1430. The third-order valence-corrected chi connectivity index (χ3v) is 7.64. The predicted octanol–water partition coefficient (Wildman–Crippen LogP) is 2.72. The average Bonchev–Trinajstić information content (AvgIpc) is 3.51. The van der Waals surface area contributed by atoms with Gasteiger partial charge in [0.05, 0.1) is 16.9 Å². The molecule has 1 aromatic carbocycles. The molecule has 190 valence electrons. The Morgan fingerprint density at radius 3 is 2.62 bits per heavy atom. The maximum atomic E-state index is 13.1. The SMILES string of the molecule is CN(C)c1ccnc2c(CN3CCCC3)cc(-c3ccc4c(c3)CN(C3CCC(=O)NC3=O)C4=O)nc12. The molecule has 6 rings (SSSR count). The van der Waals surface area contributed by atoms with Gasteiger partial charge in [-0.3, -0.25) is 29.6 Å². The summed E-state index contributed by atoms with van der Waals surface area (Å²) in [6, 6.07) is 9.27. The van der Waals surface area contributed by atoms with Crippen molar-refractivity contribution < 1.29 is 14.4 Å². The first-order chi connectivity index (χ1) is 17.9. The molecule has 0 radical (unpaired) electrons. The first-order valence-electron chi connectivity index (χ1n) is 12.9. The Labute approximate surface area is 215 Å². The van der Waals surface area contributed by atoms with Crippen LogP contribution in [0.5, 0.6) is 0 Å². The van der Waals surface area contributed by atoms with E-state index in [0.717, 1.165) is 58.7 Å². The molecule has 2 fully saturated rings. The summed E-state index contributed by atoms with van der Waals surface area (Å²) in [6.07, 6.45) is 4.87. The fourth-order valence-corrected chi connectivity index (χ4v) is 5.72. The number of nitrogens with one attached hydrogen (secondary N) is 1. The van der Waals surface area contributed by atoms with Crippen LogP contribution in [-0.4, -0.2) is 70.7 Å². The van der Waals surface area contributed by atoms with E-state index in [9.17, 15) is 14.4 Å². The van der Waals surface area contributed by atoms with Crippen LogP contribution >= 0.6 is 0 Å². The number of hydrogen-bond acceptors (Lipinski definition) is 7. The molecule has 0 bridgehead atoms. The fraction of sp³-hybridized carbons (Fsp3) is 0.393. The third kappa shape index (κ3) is 4.23. The summed E-state index contributed by atoms with van der Waals surface area (Å²) >= 11 is 0. The number of fused-ring (bicyclic) bond motifs is 2. The summed E-state index contributed by atoms with van der Waals surface area (Å²) < 4.78 is 0. The molecule has 0 aliphatic carbocycles. The smallest absolute Gasteiger partial charge is 0.255 e. The van der Waals surface area contributed by atoms with Crippen LogP contribution in [0.25, 0.3) is 22.3 Å². The molecule has 2 aromatic heterocycles. The van der Waals surface area contributed by atoms with Crippen molar-refractivity contribution >= 4 is 34.4 Å². The standard InChI is InChI=1S/C28H30N6O3/c1-32(2)22-9-10-29-25-19(15-33-11-3-4-12-33)14-21(30-26(22)25)17-5-6-20-18(13-17)16-34(28(20)37)23-7-8-24(35)31-27(23)36/h5-6,9-10,13-14,23H,3-4,7-8,11-12,15-16H2,1-2H3,(H,31,35,36). The summed E-state index contributed by atoms with van der Waals surface area (Å²) in [5, 5.41) is 2.36. The number of pyridine rings is 2. The van der Waals surface area contributed by atoms with Gasteiger partial charge in [-0.25, -0.2) is 4.98 Å². The number of amides is 3. The van der Waals surface area contributed by atoms with Gasteiger partial charge in [0.25, 0.3) is 5.91 Å². The lowest BCUT2D eigenvalue weighted by Crippen LogP contribution is -2.52. The van der Waals surface area contributed by atoms with E-state index in [1.54, 1.807) is 4.90 Å². The molecule has 3 aromatic rings. The van der Waals surface area contributed by atoms with Crippen LogP contribution in [0.4, 0.5) is 5.69 Å². The van der Waals surface area contributed by atoms with Gasteiger partial charge < -0.3 is 9.80 Å². The van der Waals surface area contributed by atoms with E-state index in [-0.39, 0.29) is 18.2 Å². The zero-order valence-electron chi connectivity index (χ0n) is 21.2. The van der Waals surface area contributed by atoms with Gasteiger partial charge in [-0.2, -0.15) is 0 Å². The second-order valence-electron chi connectivity index (χ2n) is 10.3. The van der Waals surface area contributed by atoms with E-state index < -0.39 is 11.9 Å². The van der Waals surface area contributed by atoms with Gasteiger partial charge in [-0.15, -0.1) is 0 Å². The fourth-order valence-electron chi connectivity index (χ4n) is 5.72. The molecule has 9 heteroatoms. The highest BCUT2D eigenvalue weighted by Crippen LogP contribution is 2.34. The van der Waals surface area contributed by atoms with Crippen molar-refractivity contribution in [1.29, 1.82) is 0 Å². The van der Waals surface area contributed by atoms with Crippen molar-refractivity contribution in [3.63, 3.8) is 0 Å². The van der Waals surface area contributed by atoms with Crippen LogP contribution < -0.4 is 10.2 Å². The number of likely N-dealkylation sites (tertiary alicyclic amines) is 1. The largest absolute Gasteiger partial charge is 0.376 e. The van der Waals surface area contributed by atoms with Crippen molar-refractivity contribution in [2.24, 2.45) is 0 Å². The average molecular weight is 499 g/mol. The first kappa shape index (κ1) is 23.5. The molecular weight excluding hydrogens is 468 g/mol. The minimum Gasteiger partial charge on any atom is -0.376 e. The number of piperidine rings is 1. The topological polar surface area (TPSA) is 98.7 Å². The van der Waals surface area contributed by atoms with Gasteiger partial charge in [0, 0.05) is 50.9 Å². The summed E-state index contributed by atoms with van der Waals surface area (Å²) in [5.41, 5.74) is 7.17. The maximum Gasteiger partial charge on any atom is 0.255 e. The zero-order valence-corrected chi connectivity index (χ0v) is 21.2. The van der Waals surface area contributed by atoms with Gasteiger partial charge in [0.2, 0.25) is 11.8 Å². The van der Waals surface area contributed by atoms with Crippen LogP contribution in [0.2, 0.25) is 0 Å². The highest BCUT2D eigenvalue weighted by molar-refractivity contribution is 6.05.